The van der Waals surface area contributed by atoms with E-state index in [2.05, 4.69) is 29.5 Å². The van der Waals surface area contributed by atoms with Gasteiger partial charge in [0.15, 0.2) is 5.13 Å². The van der Waals surface area contributed by atoms with Gasteiger partial charge >= 0.3 is 0 Å². The van der Waals surface area contributed by atoms with Gasteiger partial charge in [-0.15, -0.1) is 11.3 Å². The normalized spacial score (nSPS) is 10.5. The molecule has 5 heteroatoms. The highest BCUT2D eigenvalue weighted by Crippen LogP contribution is 2.09. The summed E-state index contributed by atoms with van der Waals surface area (Å²) in [6.07, 6.45) is 1.67. The van der Waals surface area contributed by atoms with Crippen LogP contribution in [0.15, 0.2) is 11.6 Å². The van der Waals surface area contributed by atoms with Crippen LogP contribution in [0.25, 0.3) is 0 Å². The van der Waals surface area contributed by atoms with Gasteiger partial charge in [-0.3, -0.25) is 4.79 Å². The van der Waals surface area contributed by atoms with E-state index in [1.807, 2.05) is 5.38 Å². The molecule has 0 aliphatic heterocycles. The molecule has 0 saturated heterocycles. The Hall–Kier alpha value is -0.940. The Morgan fingerprint density at radius 1 is 1.64 bits per heavy atom. The fourth-order valence-electron chi connectivity index (χ4n) is 0.923. The SMILES string of the molecule is CC(C)CNCC(=O)Nc1nccs1. The van der Waals surface area contributed by atoms with Crippen molar-refractivity contribution in [3.63, 3.8) is 0 Å². The average Bonchev–Trinajstić information content (AvgIpc) is 2.56. The fraction of sp³-hybridized carbons (Fsp3) is 0.556. The third kappa shape index (κ3) is 4.34. The maximum atomic E-state index is 11.3. The van der Waals surface area contributed by atoms with Gasteiger partial charge in [0.1, 0.15) is 0 Å². The molecule has 1 aromatic rings. The molecule has 1 amide bonds. The molecular weight excluding hydrogens is 198 g/mol. The van der Waals surface area contributed by atoms with Gasteiger partial charge in [-0.2, -0.15) is 0 Å². The molecule has 0 aliphatic rings. The van der Waals surface area contributed by atoms with Crippen LogP contribution in [0.4, 0.5) is 5.13 Å². The number of aromatic nitrogens is 1. The second kappa shape index (κ2) is 5.72. The van der Waals surface area contributed by atoms with Crippen LogP contribution in [0.3, 0.4) is 0 Å². The molecular formula is C9H15N3OS. The fourth-order valence-corrected chi connectivity index (χ4v) is 1.47. The summed E-state index contributed by atoms with van der Waals surface area (Å²) in [7, 11) is 0. The van der Waals surface area contributed by atoms with Crippen LogP contribution in [0.5, 0.6) is 0 Å². The van der Waals surface area contributed by atoms with Gasteiger partial charge in [0, 0.05) is 11.6 Å². The summed E-state index contributed by atoms with van der Waals surface area (Å²) in [6.45, 7) is 5.40. The predicted molar refractivity (Wildman–Crippen MR) is 58.5 cm³/mol. The summed E-state index contributed by atoms with van der Waals surface area (Å²) in [6, 6.07) is 0. The lowest BCUT2D eigenvalue weighted by Crippen LogP contribution is -2.30. The molecule has 0 bridgehead atoms. The van der Waals surface area contributed by atoms with E-state index in [9.17, 15) is 4.79 Å². The Kier molecular flexibility index (Phi) is 4.55. The minimum Gasteiger partial charge on any atom is -0.308 e. The van der Waals surface area contributed by atoms with Crippen LogP contribution in [-0.4, -0.2) is 24.0 Å². The van der Waals surface area contributed by atoms with E-state index < -0.39 is 0 Å². The quantitative estimate of drug-likeness (QED) is 0.775. The van der Waals surface area contributed by atoms with Crippen molar-refractivity contribution in [3.8, 4) is 0 Å². The number of nitrogens with one attached hydrogen (secondary N) is 2. The van der Waals surface area contributed by atoms with Gasteiger partial charge in [-0.1, -0.05) is 13.8 Å². The molecule has 0 radical (unpaired) electrons. The molecule has 1 rings (SSSR count). The maximum absolute atomic E-state index is 11.3. The molecule has 1 aromatic heterocycles. The van der Waals surface area contributed by atoms with Gasteiger partial charge in [0.2, 0.25) is 5.91 Å². The van der Waals surface area contributed by atoms with Crippen molar-refractivity contribution in [2.75, 3.05) is 18.4 Å². The topological polar surface area (TPSA) is 54.0 Å². The van der Waals surface area contributed by atoms with Crippen molar-refractivity contribution in [2.24, 2.45) is 5.92 Å². The Balaban J connectivity index is 2.17. The molecule has 0 saturated carbocycles. The molecule has 0 fully saturated rings. The van der Waals surface area contributed by atoms with Crippen molar-refractivity contribution >= 4 is 22.4 Å². The van der Waals surface area contributed by atoms with Crippen LogP contribution >= 0.6 is 11.3 Å². The molecule has 0 atom stereocenters. The Labute approximate surface area is 87.7 Å². The number of amides is 1. The van der Waals surface area contributed by atoms with Crippen molar-refractivity contribution in [2.45, 2.75) is 13.8 Å². The van der Waals surface area contributed by atoms with Crippen LogP contribution in [-0.2, 0) is 4.79 Å². The third-order valence-electron chi connectivity index (χ3n) is 1.52. The Morgan fingerprint density at radius 3 is 3.00 bits per heavy atom. The lowest BCUT2D eigenvalue weighted by Gasteiger charge is -2.06. The number of hydrogen-bond acceptors (Lipinski definition) is 4. The summed E-state index contributed by atoms with van der Waals surface area (Å²) in [5.74, 6) is 0.517. The number of carbonyl (C=O) groups excluding carboxylic acids is 1. The number of carbonyl (C=O) groups is 1. The first-order valence-electron chi connectivity index (χ1n) is 4.58. The van der Waals surface area contributed by atoms with E-state index in [0.717, 1.165) is 6.54 Å². The lowest BCUT2D eigenvalue weighted by molar-refractivity contribution is -0.115. The molecule has 2 N–H and O–H groups in total. The molecule has 14 heavy (non-hydrogen) atoms. The first-order chi connectivity index (χ1) is 6.68. The number of thiazole rings is 1. The Morgan fingerprint density at radius 2 is 2.43 bits per heavy atom. The number of anilines is 1. The van der Waals surface area contributed by atoms with Gasteiger partial charge in [0.25, 0.3) is 0 Å². The summed E-state index contributed by atoms with van der Waals surface area (Å²) in [5.41, 5.74) is 0. The summed E-state index contributed by atoms with van der Waals surface area (Å²) in [4.78, 5) is 15.2. The number of rotatable bonds is 5. The van der Waals surface area contributed by atoms with Gasteiger partial charge in [0.05, 0.1) is 6.54 Å². The van der Waals surface area contributed by atoms with E-state index >= 15 is 0 Å². The van der Waals surface area contributed by atoms with E-state index in [1.54, 1.807) is 6.20 Å². The van der Waals surface area contributed by atoms with Crippen LogP contribution in [0.2, 0.25) is 0 Å². The molecule has 0 spiro atoms. The highest BCUT2D eigenvalue weighted by Gasteiger charge is 2.03. The zero-order valence-electron chi connectivity index (χ0n) is 8.41. The highest BCUT2D eigenvalue weighted by atomic mass is 32.1. The molecule has 1 heterocycles. The maximum Gasteiger partial charge on any atom is 0.240 e. The number of hydrogen-bond donors (Lipinski definition) is 2. The summed E-state index contributed by atoms with van der Waals surface area (Å²) >= 11 is 1.42. The largest absolute Gasteiger partial charge is 0.308 e. The number of nitrogens with zero attached hydrogens (tertiary/aromatic N) is 1. The third-order valence-corrected chi connectivity index (χ3v) is 2.21. The van der Waals surface area contributed by atoms with E-state index in [1.165, 1.54) is 11.3 Å². The monoisotopic (exact) mass is 213 g/mol. The Bertz CT molecular complexity index is 272. The van der Waals surface area contributed by atoms with Crippen molar-refractivity contribution < 1.29 is 4.79 Å². The van der Waals surface area contributed by atoms with Crippen LogP contribution in [0.1, 0.15) is 13.8 Å². The van der Waals surface area contributed by atoms with Gasteiger partial charge in [-0.25, -0.2) is 4.98 Å². The van der Waals surface area contributed by atoms with Crippen LogP contribution < -0.4 is 10.6 Å². The average molecular weight is 213 g/mol. The first kappa shape index (κ1) is 11.1. The molecule has 0 unspecified atom stereocenters. The predicted octanol–water partition coefficient (Wildman–Crippen LogP) is 1.33. The van der Waals surface area contributed by atoms with E-state index in [4.69, 9.17) is 0 Å². The van der Waals surface area contributed by atoms with Crippen molar-refractivity contribution in [3.05, 3.63) is 11.6 Å². The second-order valence-corrected chi connectivity index (χ2v) is 4.30. The minimum atomic E-state index is -0.0411. The summed E-state index contributed by atoms with van der Waals surface area (Å²) < 4.78 is 0. The second-order valence-electron chi connectivity index (χ2n) is 3.41. The molecule has 0 aliphatic carbocycles. The lowest BCUT2D eigenvalue weighted by atomic mass is 10.2. The van der Waals surface area contributed by atoms with Gasteiger partial charge < -0.3 is 10.6 Å². The van der Waals surface area contributed by atoms with Gasteiger partial charge in [-0.05, 0) is 12.5 Å². The van der Waals surface area contributed by atoms with E-state index in [0.29, 0.717) is 17.6 Å². The zero-order valence-corrected chi connectivity index (χ0v) is 9.23. The molecule has 78 valence electrons. The minimum absolute atomic E-state index is 0.0411. The standard InChI is InChI=1S/C9H15N3OS/c1-7(2)5-10-6-8(13)12-9-11-3-4-14-9/h3-4,7,10H,5-6H2,1-2H3,(H,11,12,13). The smallest absolute Gasteiger partial charge is 0.240 e. The summed E-state index contributed by atoms with van der Waals surface area (Å²) in [5, 5.41) is 8.25. The molecule has 0 aromatic carbocycles. The highest BCUT2D eigenvalue weighted by molar-refractivity contribution is 7.13. The zero-order chi connectivity index (χ0) is 10.4. The molecule has 4 nitrogen and oxygen atoms in total. The van der Waals surface area contributed by atoms with Crippen LogP contribution in [0, 0.1) is 5.92 Å². The van der Waals surface area contributed by atoms with E-state index in [-0.39, 0.29) is 5.91 Å². The van der Waals surface area contributed by atoms with Crippen molar-refractivity contribution in [1.29, 1.82) is 0 Å². The van der Waals surface area contributed by atoms with Crippen molar-refractivity contribution in [1.82, 2.24) is 10.3 Å². The first-order valence-corrected chi connectivity index (χ1v) is 5.46.